The van der Waals surface area contributed by atoms with Gasteiger partial charge >= 0.3 is 6.18 Å². The Morgan fingerprint density at radius 2 is 2.05 bits per heavy atom. The summed E-state index contributed by atoms with van der Waals surface area (Å²) in [6, 6.07) is 0. The second kappa shape index (κ2) is 9.79. The molecular formula is C11H20F3IN6. The van der Waals surface area contributed by atoms with E-state index in [1.54, 1.807) is 6.33 Å². The summed E-state index contributed by atoms with van der Waals surface area (Å²) in [7, 11) is 0. The van der Waals surface area contributed by atoms with Crippen molar-refractivity contribution in [2.75, 3.05) is 13.1 Å². The molecule has 2 N–H and O–H groups in total. The molecule has 0 saturated heterocycles. The van der Waals surface area contributed by atoms with Crippen molar-refractivity contribution in [2.45, 2.75) is 39.5 Å². The molecule has 0 bridgehead atoms. The highest BCUT2D eigenvalue weighted by Crippen LogP contribution is 2.18. The van der Waals surface area contributed by atoms with Crippen molar-refractivity contribution in [3.63, 3.8) is 0 Å². The topological polar surface area (TPSA) is 67.1 Å². The summed E-state index contributed by atoms with van der Waals surface area (Å²) in [5.41, 5.74) is 0. The van der Waals surface area contributed by atoms with E-state index in [9.17, 15) is 13.2 Å². The number of nitrogens with zero attached hydrogens (tertiary/aromatic N) is 4. The van der Waals surface area contributed by atoms with Crippen LogP contribution in [-0.2, 0) is 13.1 Å². The molecule has 1 heterocycles. The minimum absolute atomic E-state index is 0. The van der Waals surface area contributed by atoms with Crippen LogP contribution in [0.15, 0.2) is 11.3 Å². The molecule has 1 aromatic heterocycles. The van der Waals surface area contributed by atoms with Crippen molar-refractivity contribution in [3.8, 4) is 0 Å². The molecule has 21 heavy (non-hydrogen) atoms. The van der Waals surface area contributed by atoms with Crippen molar-refractivity contribution in [1.29, 1.82) is 0 Å². The van der Waals surface area contributed by atoms with Crippen LogP contribution >= 0.6 is 24.0 Å². The van der Waals surface area contributed by atoms with E-state index in [-0.39, 0.29) is 37.1 Å². The van der Waals surface area contributed by atoms with Crippen LogP contribution in [-0.4, -0.2) is 40.0 Å². The molecule has 0 radical (unpaired) electrons. The van der Waals surface area contributed by atoms with Crippen molar-refractivity contribution in [1.82, 2.24) is 25.4 Å². The first-order valence-electron chi connectivity index (χ1n) is 6.42. The van der Waals surface area contributed by atoms with Gasteiger partial charge in [-0.25, -0.2) is 4.99 Å². The molecule has 0 aromatic carbocycles. The Hall–Kier alpha value is -1.07. The molecule has 0 unspecified atom stereocenters. The molecule has 0 atom stereocenters. The fourth-order valence-electron chi connectivity index (χ4n) is 1.48. The maximum Gasteiger partial charge on any atom is 0.390 e. The molecule has 0 fully saturated rings. The highest BCUT2D eigenvalue weighted by atomic mass is 127. The number of aryl methyl sites for hydroxylation is 1. The summed E-state index contributed by atoms with van der Waals surface area (Å²) in [6.07, 6.45) is -3.48. The summed E-state index contributed by atoms with van der Waals surface area (Å²) >= 11 is 0. The molecule has 10 heteroatoms. The van der Waals surface area contributed by atoms with E-state index in [0.29, 0.717) is 18.3 Å². The Labute approximate surface area is 138 Å². The molecule has 0 amide bonds. The number of rotatable bonds is 6. The number of hydrogen-bond acceptors (Lipinski definition) is 3. The van der Waals surface area contributed by atoms with Crippen LogP contribution in [0.25, 0.3) is 0 Å². The lowest BCUT2D eigenvalue weighted by atomic mass is 10.4. The summed E-state index contributed by atoms with van der Waals surface area (Å²) in [5, 5.41) is 13.2. The van der Waals surface area contributed by atoms with Crippen molar-refractivity contribution < 1.29 is 13.2 Å². The first-order chi connectivity index (χ1) is 9.46. The van der Waals surface area contributed by atoms with Crippen molar-refractivity contribution in [2.24, 2.45) is 4.99 Å². The highest BCUT2D eigenvalue weighted by molar-refractivity contribution is 14.0. The zero-order valence-electron chi connectivity index (χ0n) is 11.9. The summed E-state index contributed by atoms with van der Waals surface area (Å²) in [6.45, 7) is 5.12. The second-order valence-corrected chi connectivity index (χ2v) is 4.02. The van der Waals surface area contributed by atoms with Crippen LogP contribution < -0.4 is 10.6 Å². The van der Waals surface area contributed by atoms with E-state index in [2.05, 4.69) is 25.8 Å². The number of aliphatic imine (C=N–C) groups is 1. The van der Waals surface area contributed by atoms with E-state index in [1.165, 1.54) is 0 Å². The lowest BCUT2D eigenvalue weighted by Crippen LogP contribution is -2.39. The number of hydrogen-bond donors (Lipinski definition) is 2. The van der Waals surface area contributed by atoms with E-state index in [1.807, 2.05) is 18.4 Å². The summed E-state index contributed by atoms with van der Waals surface area (Å²) < 4.78 is 38.1. The van der Waals surface area contributed by atoms with Gasteiger partial charge in [0.25, 0.3) is 0 Å². The second-order valence-electron chi connectivity index (χ2n) is 4.02. The van der Waals surface area contributed by atoms with Gasteiger partial charge in [0.15, 0.2) is 11.8 Å². The van der Waals surface area contributed by atoms with Gasteiger partial charge in [-0.3, -0.25) is 0 Å². The number of alkyl halides is 3. The standard InChI is InChI=1S/C11H19F3N6.HI/c1-3-15-10(16-6-5-11(12,13)14)17-7-9-19-18-8-20(9)4-2;/h8H,3-7H2,1-2H3,(H2,15,16,17);1H. The fraction of sp³-hybridized carbons (Fsp3) is 0.727. The molecule has 0 spiro atoms. The smallest absolute Gasteiger partial charge is 0.357 e. The maximum absolute atomic E-state index is 12.1. The highest BCUT2D eigenvalue weighted by Gasteiger charge is 2.26. The summed E-state index contributed by atoms with van der Waals surface area (Å²) in [5.74, 6) is 1.00. The monoisotopic (exact) mass is 420 g/mol. The van der Waals surface area contributed by atoms with Gasteiger partial charge in [0.2, 0.25) is 0 Å². The van der Waals surface area contributed by atoms with E-state index >= 15 is 0 Å². The minimum atomic E-state index is -4.17. The van der Waals surface area contributed by atoms with Gasteiger partial charge in [-0.2, -0.15) is 13.2 Å². The van der Waals surface area contributed by atoms with Crippen LogP contribution in [0, 0.1) is 0 Å². The number of aromatic nitrogens is 3. The van der Waals surface area contributed by atoms with Gasteiger partial charge < -0.3 is 15.2 Å². The molecule has 1 rings (SSSR count). The van der Waals surface area contributed by atoms with Crippen LogP contribution in [0.1, 0.15) is 26.1 Å². The quantitative estimate of drug-likeness (QED) is 0.420. The third-order valence-corrected chi connectivity index (χ3v) is 2.46. The third-order valence-electron chi connectivity index (χ3n) is 2.46. The van der Waals surface area contributed by atoms with Gasteiger partial charge in [-0.15, -0.1) is 34.2 Å². The normalized spacial score (nSPS) is 12.0. The van der Waals surface area contributed by atoms with Crippen LogP contribution in [0.4, 0.5) is 13.2 Å². The average molecular weight is 420 g/mol. The Balaban J connectivity index is 0.00000400. The van der Waals surface area contributed by atoms with E-state index in [0.717, 1.165) is 6.54 Å². The molecule has 1 aromatic rings. The minimum Gasteiger partial charge on any atom is -0.357 e. The van der Waals surface area contributed by atoms with Crippen molar-refractivity contribution in [3.05, 3.63) is 12.2 Å². The predicted octanol–water partition coefficient (Wildman–Crippen LogP) is 1.92. The lowest BCUT2D eigenvalue weighted by Gasteiger charge is -2.12. The SMILES string of the molecule is CCNC(=NCc1nncn1CC)NCCC(F)(F)F.I. The maximum atomic E-state index is 12.1. The Morgan fingerprint density at radius 3 is 2.62 bits per heavy atom. The first kappa shape index (κ1) is 19.9. The molecule has 0 aliphatic rings. The van der Waals surface area contributed by atoms with E-state index in [4.69, 9.17) is 0 Å². The lowest BCUT2D eigenvalue weighted by molar-refractivity contribution is -0.132. The van der Waals surface area contributed by atoms with Gasteiger partial charge in [0.05, 0.1) is 6.42 Å². The molecule has 122 valence electrons. The summed E-state index contributed by atoms with van der Waals surface area (Å²) in [4.78, 5) is 4.19. The molecule has 0 aliphatic carbocycles. The fourth-order valence-corrected chi connectivity index (χ4v) is 1.48. The zero-order chi connectivity index (χ0) is 15.0. The van der Waals surface area contributed by atoms with Gasteiger partial charge in [0, 0.05) is 19.6 Å². The number of nitrogens with one attached hydrogen (secondary N) is 2. The predicted molar refractivity (Wildman–Crippen MR) is 84.6 cm³/mol. The number of guanidine groups is 1. The van der Waals surface area contributed by atoms with Crippen molar-refractivity contribution >= 4 is 29.9 Å². The third kappa shape index (κ3) is 8.07. The Kier molecular flexibility index (Phi) is 9.29. The van der Waals surface area contributed by atoms with Gasteiger partial charge in [0.1, 0.15) is 12.9 Å². The van der Waals surface area contributed by atoms with E-state index < -0.39 is 12.6 Å². The van der Waals surface area contributed by atoms with Gasteiger partial charge in [-0.05, 0) is 13.8 Å². The molecule has 0 saturated carbocycles. The van der Waals surface area contributed by atoms with Crippen LogP contribution in [0.3, 0.4) is 0 Å². The Bertz CT molecular complexity index is 432. The Morgan fingerprint density at radius 1 is 1.33 bits per heavy atom. The first-order valence-corrected chi connectivity index (χ1v) is 6.42. The zero-order valence-corrected chi connectivity index (χ0v) is 14.3. The number of halogens is 4. The largest absolute Gasteiger partial charge is 0.390 e. The van der Waals surface area contributed by atoms with Gasteiger partial charge in [-0.1, -0.05) is 0 Å². The molecule has 6 nitrogen and oxygen atoms in total. The average Bonchev–Trinajstić information content (AvgIpc) is 2.81. The van der Waals surface area contributed by atoms with Crippen LogP contribution in [0.5, 0.6) is 0 Å². The molecular weight excluding hydrogens is 400 g/mol. The van der Waals surface area contributed by atoms with Crippen LogP contribution in [0.2, 0.25) is 0 Å². The molecule has 0 aliphatic heterocycles.